The van der Waals surface area contributed by atoms with E-state index in [-0.39, 0.29) is 18.3 Å². The fraction of sp³-hybridized carbons (Fsp3) is 0.250. The number of H-pyrrole nitrogens is 1. The van der Waals surface area contributed by atoms with Crippen molar-refractivity contribution in [3.8, 4) is 5.75 Å². The van der Waals surface area contributed by atoms with Crippen LogP contribution >= 0.6 is 12.2 Å². The standard InChI is InChI=1S/C20H20F2N4O2S/c1-12(2)26-17(24-25-20(26)29)11-23-19(27)18(13-6-4-3-5-7-13)28-14-8-9-15(21)16(22)10-14/h3-10,12,18H,11H2,1-2H3,(H,23,27)(H,25,29). The SMILES string of the molecule is CC(C)n1c(CNC(=O)C(Oc2ccc(F)c(F)c2)c2ccccc2)n[nH]c1=S. The molecule has 0 saturated carbocycles. The molecule has 0 fully saturated rings. The third kappa shape index (κ3) is 4.86. The number of aromatic nitrogens is 3. The number of hydrogen-bond acceptors (Lipinski definition) is 4. The maximum atomic E-state index is 13.5. The first-order valence-corrected chi connectivity index (χ1v) is 9.37. The Balaban J connectivity index is 1.81. The number of amides is 1. The van der Waals surface area contributed by atoms with Crippen LogP contribution in [0.3, 0.4) is 0 Å². The van der Waals surface area contributed by atoms with E-state index in [9.17, 15) is 13.6 Å². The molecule has 0 aliphatic carbocycles. The number of rotatable bonds is 7. The van der Waals surface area contributed by atoms with Gasteiger partial charge in [0.05, 0.1) is 6.54 Å². The molecular formula is C20H20F2N4O2S. The second-order valence-electron chi connectivity index (χ2n) is 6.61. The highest BCUT2D eigenvalue weighted by Gasteiger charge is 2.24. The van der Waals surface area contributed by atoms with Crippen molar-refractivity contribution in [2.24, 2.45) is 0 Å². The zero-order valence-corrected chi connectivity index (χ0v) is 16.7. The molecule has 3 rings (SSSR count). The van der Waals surface area contributed by atoms with Gasteiger partial charge in [-0.15, -0.1) is 0 Å². The molecule has 1 heterocycles. The van der Waals surface area contributed by atoms with Crippen LogP contribution in [0.4, 0.5) is 8.78 Å². The molecule has 2 aromatic carbocycles. The van der Waals surface area contributed by atoms with E-state index >= 15 is 0 Å². The first-order chi connectivity index (χ1) is 13.9. The Kier molecular flexibility index (Phi) is 6.38. The average Bonchev–Trinajstić information content (AvgIpc) is 3.08. The zero-order chi connectivity index (χ0) is 21.0. The summed E-state index contributed by atoms with van der Waals surface area (Å²) >= 11 is 5.21. The van der Waals surface area contributed by atoms with Gasteiger partial charge in [-0.1, -0.05) is 30.3 Å². The molecule has 3 aromatic rings. The van der Waals surface area contributed by atoms with E-state index < -0.39 is 23.6 Å². The van der Waals surface area contributed by atoms with Crippen LogP contribution in [0.5, 0.6) is 5.75 Å². The maximum Gasteiger partial charge on any atom is 0.266 e. The minimum Gasteiger partial charge on any atom is -0.476 e. The highest BCUT2D eigenvalue weighted by Crippen LogP contribution is 2.24. The maximum absolute atomic E-state index is 13.5. The van der Waals surface area contributed by atoms with Gasteiger partial charge in [0.2, 0.25) is 6.10 Å². The van der Waals surface area contributed by atoms with Crippen molar-refractivity contribution in [1.29, 1.82) is 0 Å². The van der Waals surface area contributed by atoms with Gasteiger partial charge in [-0.25, -0.2) is 8.78 Å². The summed E-state index contributed by atoms with van der Waals surface area (Å²) in [6, 6.07) is 11.9. The lowest BCUT2D eigenvalue weighted by Gasteiger charge is -2.19. The summed E-state index contributed by atoms with van der Waals surface area (Å²) in [5.74, 6) is -1.89. The fourth-order valence-electron chi connectivity index (χ4n) is 2.84. The van der Waals surface area contributed by atoms with Gasteiger partial charge >= 0.3 is 0 Å². The Bertz CT molecular complexity index is 1050. The molecule has 1 atom stereocenters. The molecule has 9 heteroatoms. The van der Waals surface area contributed by atoms with E-state index in [0.29, 0.717) is 16.2 Å². The van der Waals surface area contributed by atoms with Crippen LogP contribution in [0.2, 0.25) is 0 Å². The number of nitrogens with one attached hydrogen (secondary N) is 2. The smallest absolute Gasteiger partial charge is 0.266 e. The lowest BCUT2D eigenvalue weighted by Crippen LogP contribution is -2.33. The van der Waals surface area contributed by atoms with Crippen LogP contribution in [0, 0.1) is 16.4 Å². The Morgan fingerprint density at radius 3 is 2.59 bits per heavy atom. The van der Waals surface area contributed by atoms with Gasteiger partial charge in [0.15, 0.2) is 22.2 Å². The second-order valence-corrected chi connectivity index (χ2v) is 7.00. The van der Waals surface area contributed by atoms with Crippen molar-refractivity contribution < 1.29 is 18.3 Å². The molecule has 0 radical (unpaired) electrons. The van der Waals surface area contributed by atoms with E-state index in [1.54, 1.807) is 34.9 Å². The third-order valence-corrected chi connectivity index (χ3v) is 4.49. The van der Waals surface area contributed by atoms with Crippen molar-refractivity contribution in [3.05, 3.63) is 76.3 Å². The van der Waals surface area contributed by atoms with Gasteiger partial charge in [0.1, 0.15) is 5.75 Å². The average molecular weight is 418 g/mol. The summed E-state index contributed by atoms with van der Waals surface area (Å²) < 4.78 is 34.7. The molecule has 1 aromatic heterocycles. The van der Waals surface area contributed by atoms with Crippen LogP contribution < -0.4 is 10.1 Å². The van der Waals surface area contributed by atoms with Gasteiger partial charge in [-0.2, -0.15) is 5.10 Å². The molecule has 0 bridgehead atoms. The van der Waals surface area contributed by atoms with Crippen LogP contribution in [0.15, 0.2) is 48.5 Å². The molecular weight excluding hydrogens is 398 g/mol. The molecule has 0 saturated heterocycles. The van der Waals surface area contributed by atoms with Crippen LogP contribution in [0.25, 0.3) is 0 Å². The van der Waals surface area contributed by atoms with Gasteiger partial charge in [-0.05, 0) is 38.2 Å². The van der Waals surface area contributed by atoms with Crippen LogP contribution in [-0.4, -0.2) is 20.7 Å². The summed E-state index contributed by atoms with van der Waals surface area (Å²) in [4.78, 5) is 12.9. The molecule has 0 aliphatic heterocycles. The topological polar surface area (TPSA) is 71.9 Å². The van der Waals surface area contributed by atoms with Crippen molar-refractivity contribution in [2.45, 2.75) is 32.5 Å². The quantitative estimate of drug-likeness (QED) is 0.563. The Labute approximate surface area is 171 Å². The number of hydrogen-bond donors (Lipinski definition) is 2. The lowest BCUT2D eigenvalue weighted by molar-refractivity contribution is -0.128. The minimum absolute atomic E-state index is 0.0396. The fourth-order valence-corrected chi connectivity index (χ4v) is 3.20. The van der Waals surface area contributed by atoms with Gasteiger partial charge in [0.25, 0.3) is 5.91 Å². The highest BCUT2D eigenvalue weighted by molar-refractivity contribution is 7.71. The second kappa shape index (κ2) is 8.95. The highest BCUT2D eigenvalue weighted by atomic mass is 32.1. The van der Waals surface area contributed by atoms with E-state index in [1.807, 2.05) is 13.8 Å². The molecule has 0 spiro atoms. The number of carbonyl (C=O) groups excluding carboxylic acids is 1. The Morgan fingerprint density at radius 1 is 1.21 bits per heavy atom. The first kappa shape index (κ1) is 20.7. The van der Waals surface area contributed by atoms with Gasteiger partial charge in [-0.3, -0.25) is 9.89 Å². The molecule has 6 nitrogen and oxygen atoms in total. The molecule has 2 N–H and O–H groups in total. The molecule has 1 unspecified atom stereocenters. The predicted octanol–water partition coefficient (Wildman–Crippen LogP) is 4.24. The van der Waals surface area contributed by atoms with Crippen LogP contribution in [-0.2, 0) is 11.3 Å². The largest absolute Gasteiger partial charge is 0.476 e. The normalized spacial score (nSPS) is 12.0. The van der Waals surface area contributed by atoms with Crippen molar-refractivity contribution in [2.75, 3.05) is 0 Å². The lowest BCUT2D eigenvalue weighted by atomic mass is 10.1. The summed E-state index contributed by atoms with van der Waals surface area (Å²) in [6.45, 7) is 4.03. The van der Waals surface area contributed by atoms with Crippen molar-refractivity contribution in [1.82, 2.24) is 20.1 Å². The van der Waals surface area contributed by atoms with Gasteiger partial charge < -0.3 is 14.6 Å². The summed E-state index contributed by atoms with van der Waals surface area (Å²) in [5, 5.41) is 9.63. The predicted molar refractivity (Wildman–Crippen MR) is 106 cm³/mol. The minimum atomic E-state index is -1.06. The summed E-state index contributed by atoms with van der Waals surface area (Å²) in [6.07, 6.45) is -1.06. The number of halogens is 2. The number of nitrogens with zero attached hydrogens (tertiary/aromatic N) is 2. The van der Waals surface area contributed by atoms with E-state index in [4.69, 9.17) is 17.0 Å². The Morgan fingerprint density at radius 2 is 1.93 bits per heavy atom. The van der Waals surface area contributed by atoms with Crippen molar-refractivity contribution in [3.63, 3.8) is 0 Å². The third-order valence-electron chi connectivity index (χ3n) is 4.20. The first-order valence-electron chi connectivity index (χ1n) is 8.97. The summed E-state index contributed by atoms with van der Waals surface area (Å²) in [7, 11) is 0. The number of ether oxygens (including phenoxy) is 1. The molecule has 29 heavy (non-hydrogen) atoms. The molecule has 0 aliphatic rings. The van der Waals surface area contributed by atoms with E-state index in [0.717, 1.165) is 12.1 Å². The van der Waals surface area contributed by atoms with Gasteiger partial charge in [0, 0.05) is 17.7 Å². The van der Waals surface area contributed by atoms with E-state index in [2.05, 4.69) is 15.5 Å². The molecule has 1 amide bonds. The van der Waals surface area contributed by atoms with E-state index in [1.165, 1.54) is 6.07 Å². The van der Waals surface area contributed by atoms with Crippen LogP contribution in [0.1, 0.15) is 37.4 Å². The van der Waals surface area contributed by atoms with Crippen molar-refractivity contribution >= 4 is 18.1 Å². The molecule has 152 valence electrons. The summed E-state index contributed by atoms with van der Waals surface area (Å²) in [5.41, 5.74) is 0.567. The number of aromatic amines is 1. The number of carbonyl (C=O) groups is 1. The number of benzene rings is 2. The Hall–Kier alpha value is -3.07. The monoisotopic (exact) mass is 418 g/mol. The zero-order valence-electron chi connectivity index (χ0n) is 15.9.